The van der Waals surface area contributed by atoms with Gasteiger partial charge in [0.25, 0.3) is 6.01 Å². The third-order valence-electron chi connectivity index (χ3n) is 1.37. The third-order valence-corrected chi connectivity index (χ3v) is 2.98. The summed E-state index contributed by atoms with van der Waals surface area (Å²) in [7, 11) is -3.05. The molecule has 2 N–H and O–H groups in total. The number of nitrogens with zero attached hydrogens (tertiary/aromatic N) is 1. The van der Waals surface area contributed by atoms with Crippen molar-refractivity contribution < 1.29 is 12.8 Å². The molecule has 0 radical (unpaired) electrons. The van der Waals surface area contributed by atoms with Gasteiger partial charge in [-0.15, -0.1) is 0 Å². The molecule has 0 aliphatic heterocycles. The second-order valence-electron chi connectivity index (χ2n) is 2.34. The van der Waals surface area contributed by atoms with E-state index in [2.05, 4.69) is 4.98 Å². The number of rotatable bonds is 3. The van der Waals surface area contributed by atoms with Gasteiger partial charge in [0.2, 0.25) is 0 Å². The number of nitrogens with two attached hydrogens (primary N) is 1. The highest BCUT2D eigenvalue weighted by molar-refractivity contribution is 7.90. The summed E-state index contributed by atoms with van der Waals surface area (Å²) < 4.78 is 26.9. The molecule has 0 spiro atoms. The van der Waals surface area contributed by atoms with Gasteiger partial charge in [0, 0.05) is 5.75 Å². The lowest BCUT2D eigenvalue weighted by molar-refractivity contribution is 0.533. The van der Waals surface area contributed by atoms with Crippen LogP contribution in [0.3, 0.4) is 0 Å². The van der Waals surface area contributed by atoms with Crippen LogP contribution >= 0.6 is 0 Å². The molecule has 1 heterocycles. The van der Waals surface area contributed by atoms with E-state index in [0.717, 1.165) is 0 Å². The molecule has 0 fully saturated rings. The van der Waals surface area contributed by atoms with Gasteiger partial charge in [0.05, 0.1) is 6.20 Å². The summed E-state index contributed by atoms with van der Waals surface area (Å²) in [5.41, 5.74) is 5.17. The van der Waals surface area contributed by atoms with Crippen molar-refractivity contribution in [2.45, 2.75) is 12.7 Å². The second-order valence-corrected chi connectivity index (χ2v) is 4.69. The van der Waals surface area contributed by atoms with Crippen LogP contribution in [0.4, 0.5) is 6.01 Å². The van der Waals surface area contributed by atoms with Crippen LogP contribution in [0.2, 0.25) is 0 Å². The summed E-state index contributed by atoms with van der Waals surface area (Å²) in [6, 6.07) is -0.00342. The first-order valence-corrected chi connectivity index (χ1v) is 5.26. The van der Waals surface area contributed by atoms with E-state index in [1.165, 1.54) is 6.20 Å². The topological polar surface area (TPSA) is 86.2 Å². The Kier molecular flexibility index (Phi) is 2.37. The van der Waals surface area contributed by atoms with E-state index in [0.29, 0.717) is 0 Å². The summed E-state index contributed by atoms with van der Waals surface area (Å²) in [6.07, 6.45) is 1.32. The number of oxazole rings is 1. The number of aromatic nitrogens is 1. The fraction of sp³-hybridized carbons (Fsp3) is 0.500. The van der Waals surface area contributed by atoms with Crippen LogP contribution in [0.25, 0.3) is 0 Å². The molecule has 0 bridgehead atoms. The fourth-order valence-corrected chi connectivity index (χ4v) is 1.48. The van der Waals surface area contributed by atoms with Crippen LogP contribution in [0.1, 0.15) is 12.7 Å². The average molecular weight is 190 g/mol. The molecule has 12 heavy (non-hydrogen) atoms. The highest BCUT2D eigenvalue weighted by Gasteiger charge is 2.11. The summed E-state index contributed by atoms with van der Waals surface area (Å²) in [5.74, 6) is 0.246. The zero-order valence-electron chi connectivity index (χ0n) is 6.65. The molecule has 5 nitrogen and oxygen atoms in total. The molecule has 68 valence electrons. The van der Waals surface area contributed by atoms with E-state index in [-0.39, 0.29) is 23.3 Å². The van der Waals surface area contributed by atoms with Crippen molar-refractivity contribution >= 4 is 15.9 Å². The predicted octanol–water partition coefficient (Wildman–Crippen LogP) is 0.192. The Bertz CT molecular complexity index is 355. The molecule has 1 aromatic rings. The molecule has 0 aliphatic carbocycles. The molecule has 0 saturated carbocycles. The Hall–Kier alpha value is -1.04. The molecule has 0 unspecified atom stereocenters. The smallest absolute Gasteiger partial charge is 0.292 e. The van der Waals surface area contributed by atoms with Crippen molar-refractivity contribution in [1.29, 1.82) is 0 Å². The van der Waals surface area contributed by atoms with Crippen molar-refractivity contribution in [3.63, 3.8) is 0 Å². The van der Waals surface area contributed by atoms with Crippen LogP contribution in [0.15, 0.2) is 10.6 Å². The molecular formula is C6H10N2O3S. The second kappa shape index (κ2) is 3.14. The number of nitrogen functional groups attached to an aromatic ring is 1. The van der Waals surface area contributed by atoms with Crippen molar-refractivity contribution in [1.82, 2.24) is 4.98 Å². The summed E-state index contributed by atoms with van der Waals surface area (Å²) >= 11 is 0. The predicted molar refractivity (Wildman–Crippen MR) is 44.1 cm³/mol. The van der Waals surface area contributed by atoms with Gasteiger partial charge in [-0.3, -0.25) is 0 Å². The van der Waals surface area contributed by atoms with Gasteiger partial charge in [-0.05, 0) is 0 Å². The molecule has 0 amide bonds. The first-order valence-electron chi connectivity index (χ1n) is 3.44. The monoisotopic (exact) mass is 190 g/mol. The molecule has 0 aliphatic rings. The van der Waals surface area contributed by atoms with Crippen LogP contribution in [-0.4, -0.2) is 19.2 Å². The largest absolute Gasteiger partial charge is 0.428 e. The maximum Gasteiger partial charge on any atom is 0.292 e. The number of sulfone groups is 1. The number of hydrogen-bond acceptors (Lipinski definition) is 5. The number of anilines is 1. The Labute approximate surface area is 70.5 Å². The Morgan fingerprint density at radius 3 is 2.75 bits per heavy atom. The van der Waals surface area contributed by atoms with Gasteiger partial charge in [0.1, 0.15) is 11.5 Å². The maximum absolute atomic E-state index is 11.0. The number of hydrogen-bond donors (Lipinski definition) is 1. The zero-order valence-corrected chi connectivity index (χ0v) is 7.47. The molecule has 1 rings (SSSR count). The minimum absolute atomic E-state index is 0.00342. The Morgan fingerprint density at radius 2 is 2.33 bits per heavy atom. The van der Waals surface area contributed by atoms with Crippen LogP contribution in [-0.2, 0) is 15.6 Å². The van der Waals surface area contributed by atoms with E-state index in [1.54, 1.807) is 6.92 Å². The van der Waals surface area contributed by atoms with E-state index in [1.807, 2.05) is 0 Å². The minimum atomic E-state index is -3.05. The van der Waals surface area contributed by atoms with Gasteiger partial charge in [-0.2, -0.15) is 0 Å². The van der Waals surface area contributed by atoms with Gasteiger partial charge in [-0.25, -0.2) is 13.4 Å². The Morgan fingerprint density at radius 1 is 1.67 bits per heavy atom. The van der Waals surface area contributed by atoms with E-state index in [9.17, 15) is 8.42 Å². The van der Waals surface area contributed by atoms with E-state index in [4.69, 9.17) is 10.2 Å². The zero-order chi connectivity index (χ0) is 9.19. The van der Waals surface area contributed by atoms with Crippen LogP contribution in [0, 0.1) is 0 Å². The van der Waals surface area contributed by atoms with Gasteiger partial charge in [-0.1, -0.05) is 6.92 Å². The van der Waals surface area contributed by atoms with Crippen molar-refractivity contribution in [3.05, 3.63) is 12.0 Å². The average Bonchev–Trinajstić information content (AvgIpc) is 2.35. The minimum Gasteiger partial charge on any atom is -0.428 e. The molecule has 0 aromatic carbocycles. The molecular weight excluding hydrogens is 180 g/mol. The van der Waals surface area contributed by atoms with Crippen molar-refractivity contribution in [2.24, 2.45) is 0 Å². The Balaban J connectivity index is 2.77. The third kappa shape index (κ3) is 2.23. The lowest BCUT2D eigenvalue weighted by atomic mass is 10.6. The maximum atomic E-state index is 11.0. The molecule has 1 aromatic heterocycles. The molecule has 0 atom stereocenters. The van der Waals surface area contributed by atoms with E-state index >= 15 is 0 Å². The quantitative estimate of drug-likeness (QED) is 0.735. The fourth-order valence-electron chi connectivity index (χ4n) is 0.708. The first kappa shape index (κ1) is 9.05. The van der Waals surface area contributed by atoms with Crippen LogP contribution < -0.4 is 5.73 Å². The van der Waals surface area contributed by atoms with Crippen molar-refractivity contribution in [2.75, 3.05) is 11.5 Å². The molecule has 6 heteroatoms. The van der Waals surface area contributed by atoms with Crippen LogP contribution in [0.5, 0.6) is 0 Å². The lowest BCUT2D eigenvalue weighted by Crippen LogP contribution is -2.05. The summed E-state index contributed by atoms with van der Waals surface area (Å²) in [4.78, 5) is 3.58. The van der Waals surface area contributed by atoms with Gasteiger partial charge >= 0.3 is 0 Å². The summed E-state index contributed by atoms with van der Waals surface area (Å²) in [5, 5.41) is 0. The standard InChI is InChI=1S/C6H10N2O3S/c1-2-12(9,10)4-5-3-8-6(7)11-5/h3H,2,4H2,1H3,(H2,7,8). The molecule has 0 saturated heterocycles. The highest BCUT2D eigenvalue weighted by Crippen LogP contribution is 2.09. The van der Waals surface area contributed by atoms with Crippen molar-refractivity contribution in [3.8, 4) is 0 Å². The lowest BCUT2D eigenvalue weighted by Gasteiger charge is -1.95. The highest BCUT2D eigenvalue weighted by atomic mass is 32.2. The van der Waals surface area contributed by atoms with E-state index < -0.39 is 9.84 Å². The normalized spacial score (nSPS) is 11.8. The first-order chi connectivity index (χ1) is 5.53. The SMILES string of the molecule is CCS(=O)(=O)Cc1cnc(N)o1. The summed E-state index contributed by atoms with van der Waals surface area (Å²) in [6.45, 7) is 1.58. The van der Waals surface area contributed by atoms with Gasteiger partial charge in [0.15, 0.2) is 9.84 Å². The van der Waals surface area contributed by atoms with Gasteiger partial charge < -0.3 is 10.2 Å².